The van der Waals surface area contributed by atoms with Crippen LogP contribution in [0.3, 0.4) is 0 Å². The van der Waals surface area contributed by atoms with E-state index in [1.165, 1.54) is 11.3 Å². The van der Waals surface area contributed by atoms with Crippen LogP contribution in [0.2, 0.25) is 0 Å². The third-order valence-corrected chi connectivity index (χ3v) is 4.26. The molecule has 6 nitrogen and oxygen atoms in total. The van der Waals surface area contributed by atoms with Gasteiger partial charge in [0.2, 0.25) is 0 Å². The standard InChI is InChI=1S/C16H13N5OS/c22-15(13-10-23-16(20-13)21-7-3-4-8-21)17-9-14-18-11-5-1-2-6-12(11)19-14/h1-8,10H,9H2,(H,17,22)(H,18,19). The number of carbonyl (C=O) groups excluding carboxylic acids is 1. The quantitative estimate of drug-likeness (QED) is 0.606. The average molecular weight is 323 g/mol. The second-order valence-electron chi connectivity index (χ2n) is 4.99. The second-order valence-corrected chi connectivity index (χ2v) is 5.83. The van der Waals surface area contributed by atoms with Gasteiger partial charge in [-0.05, 0) is 24.3 Å². The molecule has 0 atom stereocenters. The highest BCUT2D eigenvalue weighted by atomic mass is 32.1. The largest absolute Gasteiger partial charge is 0.343 e. The SMILES string of the molecule is O=C(NCc1nc2ccccc2[nH]1)c1csc(-n2cccc2)n1. The zero-order valence-electron chi connectivity index (χ0n) is 12.1. The monoisotopic (exact) mass is 323 g/mol. The number of para-hydroxylation sites is 2. The van der Waals surface area contributed by atoms with E-state index in [2.05, 4.69) is 20.3 Å². The molecule has 0 fully saturated rings. The number of rotatable bonds is 4. The van der Waals surface area contributed by atoms with E-state index < -0.39 is 0 Å². The topological polar surface area (TPSA) is 75.6 Å². The van der Waals surface area contributed by atoms with Crippen LogP contribution in [0.1, 0.15) is 16.3 Å². The maximum atomic E-state index is 12.2. The number of thiazole rings is 1. The summed E-state index contributed by atoms with van der Waals surface area (Å²) < 4.78 is 1.88. The molecule has 1 amide bonds. The highest BCUT2D eigenvalue weighted by Crippen LogP contribution is 2.15. The average Bonchev–Trinajstić information content (AvgIpc) is 3.31. The first-order chi connectivity index (χ1) is 11.3. The number of aromatic nitrogens is 4. The first-order valence-corrected chi connectivity index (χ1v) is 7.98. The van der Waals surface area contributed by atoms with E-state index in [-0.39, 0.29) is 5.91 Å². The van der Waals surface area contributed by atoms with Gasteiger partial charge in [-0.15, -0.1) is 11.3 Å². The van der Waals surface area contributed by atoms with E-state index >= 15 is 0 Å². The summed E-state index contributed by atoms with van der Waals surface area (Å²) in [6.07, 6.45) is 3.80. The lowest BCUT2D eigenvalue weighted by Gasteiger charge is -2.00. The summed E-state index contributed by atoms with van der Waals surface area (Å²) in [6.45, 7) is 0.337. The number of hydrogen-bond donors (Lipinski definition) is 2. The molecule has 4 rings (SSSR count). The van der Waals surface area contributed by atoms with Crippen molar-refractivity contribution in [2.24, 2.45) is 0 Å². The molecule has 7 heteroatoms. The Morgan fingerprint density at radius 2 is 2.00 bits per heavy atom. The fraction of sp³-hybridized carbons (Fsp3) is 0.0625. The van der Waals surface area contributed by atoms with E-state index in [0.29, 0.717) is 12.2 Å². The van der Waals surface area contributed by atoms with Crippen LogP contribution < -0.4 is 5.32 Å². The lowest BCUT2D eigenvalue weighted by atomic mass is 10.3. The number of hydrogen-bond acceptors (Lipinski definition) is 4. The summed E-state index contributed by atoms with van der Waals surface area (Å²) in [6, 6.07) is 11.6. The Bertz CT molecular complexity index is 921. The molecule has 0 radical (unpaired) electrons. The van der Waals surface area contributed by atoms with Gasteiger partial charge in [-0.2, -0.15) is 0 Å². The highest BCUT2D eigenvalue weighted by Gasteiger charge is 2.12. The van der Waals surface area contributed by atoms with E-state index in [9.17, 15) is 4.79 Å². The highest BCUT2D eigenvalue weighted by molar-refractivity contribution is 7.12. The summed E-state index contributed by atoms with van der Waals surface area (Å²) >= 11 is 1.43. The van der Waals surface area contributed by atoms with Gasteiger partial charge in [0.15, 0.2) is 5.13 Å². The fourth-order valence-corrected chi connectivity index (χ4v) is 3.06. The van der Waals surface area contributed by atoms with Gasteiger partial charge < -0.3 is 14.9 Å². The van der Waals surface area contributed by atoms with E-state index in [1.54, 1.807) is 5.38 Å². The van der Waals surface area contributed by atoms with Gasteiger partial charge in [-0.3, -0.25) is 4.79 Å². The van der Waals surface area contributed by atoms with Crippen LogP contribution >= 0.6 is 11.3 Å². The second kappa shape index (κ2) is 5.69. The van der Waals surface area contributed by atoms with Crippen LogP contribution in [0.25, 0.3) is 16.2 Å². The van der Waals surface area contributed by atoms with Gasteiger partial charge in [0.05, 0.1) is 17.6 Å². The molecular formula is C16H13N5OS. The van der Waals surface area contributed by atoms with Gasteiger partial charge in [-0.1, -0.05) is 12.1 Å². The van der Waals surface area contributed by atoms with Crippen molar-refractivity contribution in [2.75, 3.05) is 0 Å². The minimum Gasteiger partial charge on any atom is -0.343 e. The molecule has 114 valence electrons. The molecule has 0 saturated carbocycles. The number of nitrogens with zero attached hydrogens (tertiary/aromatic N) is 3. The van der Waals surface area contributed by atoms with Gasteiger partial charge in [0, 0.05) is 17.8 Å². The minimum atomic E-state index is -0.208. The number of imidazole rings is 1. The number of benzene rings is 1. The lowest BCUT2D eigenvalue weighted by molar-refractivity contribution is 0.0945. The molecule has 0 saturated heterocycles. The molecule has 3 aromatic heterocycles. The molecule has 0 aliphatic heterocycles. The summed E-state index contributed by atoms with van der Waals surface area (Å²) in [5.74, 6) is 0.514. The van der Waals surface area contributed by atoms with Crippen molar-refractivity contribution in [2.45, 2.75) is 6.54 Å². The molecule has 0 aliphatic carbocycles. The van der Waals surface area contributed by atoms with Crippen LogP contribution in [0, 0.1) is 0 Å². The normalized spacial score (nSPS) is 11.0. The van der Waals surface area contributed by atoms with Crippen LogP contribution in [-0.4, -0.2) is 25.4 Å². The van der Waals surface area contributed by atoms with Gasteiger partial charge in [0.25, 0.3) is 5.91 Å². The van der Waals surface area contributed by atoms with Crippen molar-refractivity contribution in [3.05, 3.63) is 65.7 Å². The summed E-state index contributed by atoms with van der Waals surface area (Å²) in [5.41, 5.74) is 2.26. The molecule has 23 heavy (non-hydrogen) atoms. The number of H-pyrrole nitrogens is 1. The van der Waals surface area contributed by atoms with Gasteiger partial charge in [0.1, 0.15) is 11.5 Å². The first-order valence-electron chi connectivity index (χ1n) is 7.10. The Balaban J connectivity index is 1.45. The van der Waals surface area contributed by atoms with E-state index in [0.717, 1.165) is 22.0 Å². The van der Waals surface area contributed by atoms with Crippen molar-refractivity contribution in [3.8, 4) is 5.13 Å². The summed E-state index contributed by atoms with van der Waals surface area (Å²) in [7, 11) is 0. The molecule has 0 aliphatic rings. The molecule has 3 heterocycles. The molecule has 1 aromatic carbocycles. The predicted octanol–water partition coefficient (Wildman–Crippen LogP) is 2.74. The first kappa shape index (κ1) is 13.7. The molecule has 0 unspecified atom stereocenters. The zero-order chi connectivity index (χ0) is 15.6. The Morgan fingerprint density at radius 3 is 2.83 bits per heavy atom. The Hall–Kier alpha value is -2.93. The van der Waals surface area contributed by atoms with Crippen molar-refractivity contribution in [1.29, 1.82) is 0 Å². The van der Waals surface area contributed by atoms with Crippen LogP contribution in [0.15, 0.2) is 54.2 Å². The number of fused-ring (bicyclic) bond motifs is 1. The molecule has 2 N–H and O–H groups in total. The van der Waals surface area contributed by atoms with Crippen LogP contribution in [0.4, 0.5) is 0 Å². The van der Waals surface area contributed by atoms with Crippen molar-refractivity contribution >= 4 is 28.3 Å². The van der Waals surface area contributed by atoms with Crippen LogP contribution in [0.5, 0.6) is 0 Å². The van der Waals surface area contributed by atoms with E-state index in [1.807, 2.05) is 53.4 Å². The number of carbonyl (C=O) groups is 1. The maximum Gasteiger partial charge on any atom is 0.271 e. The molecule has 4 aromatic rings. The molecular weight excluding hydrogens is 310 g/mol. The maximum absolute atomic E-state index is 12.2. The predicted molar refractivity (Wildman–Crippen MR) is 88.7 cm³/mol. The van der Waals surface area contributed by atoms with Crippen molar-refractivity contribution < 1.29 is 4.79 Å². The summed E-state index contributed by atoms with van der Waals surface area (Å²) in [5, 5.41) is 5.36. The molecule has 0 bridgehead atoms. The third-order valence-electron chi connectivity index (χ3n) is 3.40. The number of amides is 1. The number of nitrogens with one attached hydrogen (secondary N) is 2. The lowest BCUT2D eigenvalue weighted by Crippen LogP contribution is -2.23. The van der Waals surface area contributed by atoms with Crippen LogP contribution in [-0.2, 0) is 6.54 Å². The Morgan fingerprint density at radius 1 is 1.17 bits per heavy atom. The summed E-state index contributed by atoms with van der Waals surface area (Å²) in [4.78, 5) is 24.2. The fourth-order valence-electron chi connectivity index (χ4n) is 2.29. The number of aromatic amines is 1. The Kier molecular flexibility index (Phi) is 3.39. The van der Waals surface area contributed by atoms with Crippen molar-refractivity contribution in [3.63, 3.8) is 0 Å². The van der Waals surface area contributed by atoms with E-state index in [4.69, 9.17) is 0 Å². The zero-order valence-corrected chi connectivity index (χ0v) is 12.9. The Labute approximate surface area is 135 Å². The third kappa shape index (κ3) is 2.74. The molecule has 0 spiro atoms. The minimum absolute atomic E-state index is 0.208. The van der Waals surface area contributed by atoms with Gasteiger partial charge >= 0.3 is 0 Å². The smallest absolute Gasteiger partial charge is 0.271 e. The van der Waals surface area contributed by atoms with Crippen molar-refractivity contribution in [1.82, 2.24) is 24.8 Å². The van der Waals surface area contributed by atoms with Gasteiger partial charge in [-0.25, -0.2) is 9.97 Å².